The summed E-state index contributed by atoms with van der Waals surface area (Å²) in [6, 6.07) is 15.2. The molecule has 6 nitrogen and oxygen atoms in total. The van der Waals surface area contributed by atoms with Crippen LogP contribution in [-0.2, 0) is 11.2 Å². The predicted octanol–water partition coefficient (Wildman–Crippen LogP) is 4.55. The lowest BCUT2D eigenvalue weighted by molar-refractivity contribution is -0.117. The van der Waals surface area contributed by atoms with Crippen molar-refractivity contribution in [1.29, 1.82) is 0 Å². The highest BCUT2D eigenvalue weighted by Crippen LogP contribution is 2.42. The van der Waals surface area contributed by atoms with Crippen molar-refractivity contribution in [2.75, 3.05) is 32.6 Å². The first-order valence-corrected chi connectivity index (χ1v) is 11.3. The number of carbonyl (C=O) groups excluding carboxylic acids is 2. The second-order valence-corrected chi connectivity index (χ2v) is 8.71. The molecular formula is C25H26N2O4S. The van der Waals surface area contributed by atoms with E-state index in [1.807, 2.05) is 18.2 Å². The van der Waals surface area contributed by atoms with Gasteiger partial charge >= 0.3 is 0 Å². The number of hydrogen-bond donors (Lipinski definition) is 1. The zero-order chi connectivity index (χ0) is 22.7. The van der Waals surface area contributed by atoms with E-state index in [1.54, 1.807) is 49.8 Å². The van der Waals surface area contributed by atoms with Gasteiger partial charge in [0.05, 0.1) is 26.8 Å². The van der Waals surface area contributed by atoms with Crippen LogP contribution in [-0.4, -0.2) is 43.9 Å². The summed E-state index contributed by atoms with van der Waals surface area (Å²) >= 11 is 1.67. The molecule has 0 fully saturated rings. The minimum Gasteiger partial charge on any atom is -0.493 e. The van der Waals surface area contributed by atoms with Gasteiger partial charge < -0.3 is 14.8 Å². The van der Waals surface area contributed by atoms with Crippen molar-refractivity contribution in [1.82, 2.24) is 4.90 Å². The van der Waals surface area contributed by atoms with Gasteiger partial charge in [0.1, 0.15) is 0 Å². The van der Waals surface area contributed by atoms with Crippen LogP contribution in [0.1, 0.15) is 39.3 Å². The molecule has 0 radical (unpaired) electrons. The molecule has 32 heavy (non-hydrogen) atoms. The average molecular weight is 451 g/mol. The highest BCUT2D eigenvalue weighted by molar-refractivity contribution is 7.10. The van der Waals surface area contributed by atoms with E-state index >= 15 is 0 Å². The summed E-state index contributed by atoms with van der Waals surface area (Å²) in [4.78, 5) is 27.9. The van der Waals surface area contributed by atoms with E-state index in [4.69, 9.17) is 9.47 Å². The molecule has 1 aliphatic rings. The minimum absolute atomic E-state index is 0.0316. The molecule has 0 bridgehead atoms. The Balaban J connectivity index is 1.61. The molecule has 2 heterocycles. The standard InChI is InChI=1S/C25H26N2O4S/c1-16(28)17-6-4-7-19(12-17)26-24(29)15-27-10-9-18-13-21(30-2)22(31-3)14-20(18)25(27)23-8-5-11-32-23/h4-8,11-14,25H,9-10,15H2,1-3H3,(H,26,29). The number of benzene rings is 2. The summed E-state index contributed by atoms with van der Waals surface area (Å²) in [5, 5.41) is 4.99. The van der Waals surface area contributed by atoms with Crippen LogP contribution in [0.4, 0.5) is 5.69 Å². The van der Waals surface area contributed by atoms with E-state index in [9.17, 15) is 9.59 Å². The fourth-order valence-electron chi connectivity index (χ4n) is 4.15. The Kier molecular flexibility index (Phi) is 6.58. The molecule has 1 unspecified atom stereocenters. The van der Waals surface area contributed by atoms with Crippen molar-refractivity contribution in [3.8, 4) is 11.5 Å². The van der Waals surface area contributed by atoms with E-state index in [-0.39, 0.29) is 24.3 Å². The van der Waals surface area contributed by atoms with Crippen LogP contribution in [0.3, 0.4) is 0 Å². The predicted molar refractivity (Wildman–Crippen MR) is 126 cm³/mol. The third-order valence-corrected chi connectivity index (χ3v) is 6.61. The van der Waals surface area contributed by atoms with Crippen LogP contribution in [0, 0.1) is 0 Å². The highest BCUT2D eigenvalue weighted by Gasteiger charge is 2.32. The quantitative estimate of drug-likeness (QED) is 0.535. The van der Waals surface area contributed by atoms with Crippen LogP contribution >= 0.6 is 11.3 Å². The molecule has 1 N–H and O–H groups in total. The number of nitrogens with zero attached hydrogens (tertiary/aromatic N) is 1. The summed E-state index contributed by atoms with van der Waals surface area (Å²) in [5.74, 6) is 1.25. The van der Waals surface area contributed by atoms with Gasteiger partial charge in [-0.3, -0.25) is 14.5 Å². The first kappa shape index (κ1) is 22.0. The van der Waals surface area contributed by atoms with Gasteiger partial charge in [0.2, 0.25) is 5.91 Å². The van der Waals surface area contributed by atoms with Crippen LogP contribution in [0.5, 0.6) is 11.5 Å². The van der Waals surface area contributed by atoms with Crippen LogP contribution in [0.25, 0.3) is 0 Å². The molecule has 0 saturated carbocycles. The summed E-state index contributed by atoms with van der Waals surface area (Å²) in [5.41, 5.74) is 3.53. The maximum atomic E-state index is 12.9. The minimum atomic E-state index is -0.115. The molecule has 2 aromatic carbocycles. The number of fused-ring (bicyclic) bond motifs is 1. The van der Waals surface area contributed by atoms with Crippen molar-refractivity contribution in [2.24, 2.45) is 0 Å². The molecule has 1 aromatic heterocycles. The first-order valence-electron chi connectivity index (χ1n) is 10.4. The van der Waals surface area contributed by atoms with Crippen LogP contribution in [0.2, 0.25) is 0 Å². The number of amides is 1. The van der Waals surface area contributed by atoms with Crippen molar-refractivity contribution in [2.45, 2.75) is 19.4 Å². The van der Waals surface area contributed by atoms with Crippen LogP contribution in [0.15, 0.2) is 53.9 Å². The smallest absolute Gasteiger partial charge is 0.238 e. The topological polar surface area (TPSA) is 67.9 Å². The van der Waals surface area contributed by atoms with Gasteiger partial charge in [-0.15, -0.1) is 11.3 Å². The van der Waals surface area contributed by atoms with Crippen molar-refractivity contribution in [3.05, 3.63) is 75.5 Å². The molecule has 1 amide bonds. The van der Waals surface area contributed by atoms with Gasteiger partial charge in [-0.2, -0.15) is 0 Å². The van der Waals surface area contributed by atoms with Gasteiger partial charge in [-0.1, -0.05) is 18.2 Å². The Bertz CT molecular complexity index is 1130. The zero-order valence-electron chi connectivity index (χ0n) is 18.4. The summed E-state index contributed by atoms with van der Waals surface area (Å²) < 4.78 is 11.0. The van der Waals surface area contributed by atoms with Crippen molar-refractivity contribution >= 4 is 28.7 Å². The third-order valence-electron chi connectivity index (χ3n) is 5.69. The zero-order valence-corrected chi connectivity index (χ0v) is 19.2. The number of rotatable bonds is 7. The second kappa shape index (κ2) is 9.54. The number of ether oxygens (including phenoxy) is 2. The molecule has 0 saturated heterocycles. The summed E-state index contributed by atoms with van der Waals surface area (Å²) in [6.45, 7) is 2.49. The average Bonchev–Trinajstić information content (AvgIpc) is 3.32. The Morgan fingerprint density at radius 3 is 2.56 bits per heavy atom. The summed E-state index contributed by atoms with van der Waals surface area (Å²) in [6.07, 6.45) is 0.810. The Morgan fingerprint density at radius 1 is 1.09 bits per heavy atom. The lowest BCUT2D eigenvalue weighted by atomic mass is 9.91. The van der Waals surface area contributed by atoms with E-state index in [0.717, 1.165) is 18.5 Å². The number of methoxy groups -OCH3 is 2. The fourth-order valence-corrected chi connectivity index (χ4v) is 5.03. The van der Waals surface area contributed by atoms with Gasteiger partial charge in [-0.05, 0) is 60.2 Å². The van der Waals surface area contributed by atoms with Crippen LogP contribution < -0.4 is 14.8 Å². The fraction of sp³-hybridized carbons (Fsp3) is 0.280. The molecular weight excluding hydrogens is 424 g/mol. The van der Waals surface area contributed by atoms with Crippen molar-refractivity contribution in [3.63, 3.8) is 0 Å². The van der Waals surface area contributed by atoms with E-state index < -0.39 is 0 Å². The Labute approximate surface area is 191 Å². The monoisotopic (exact) mass is 450 g/mol. The van der Waals surface area contributed by atoms with Gasteiger partial charge in [0.25, 0.3) is 0 Å². The van der Waals surface area contributed by atoms with E-state index in [1.165, 1.54) is 17.4 Å². The molecule has 4 rings (SSSR count). The number of Topliss-reactive ketones (excluding diaryl/α,β-unsaturated/α-hetero) is 1. The number of anilines is 1. The third kappa shape index (κ3) is 4.54. The number of thiophene rings is 1. The number of carbonyl (C=O) groups is 2. The van der Waals surface area contributed by atoms with E-state index in [2.05, 4.69) is 21.7 Å². The maximum absolute atomic E-state index is 12.9. The van der Waals surface area contributed by atoms with Crippen molar-refractivity contribution < 1.29 is 19.1 Å². The molecule has 166 valence electrons. The SMILES string of the molecule is COc1cc2c(cc1OC)C(c1cccs1)N(CC(=O)Nc1cccc(C(C)=O)c1)CC2. The molecule has 3 aromatic rings. The Morgan fingerprint density at radius 2 is 1.88 bits per heavy atom. The molecule has 1 aliphatic heterocycles. The molecule has 0 spiro atoms. The molecule has 1 atom stereocenters. The highest BCUT2D eigenvalue weighted by atomic mass is 32.1. The largest absolute Gasteiger partial charge is 0.493 e. The number of ketones is 1. The summed E-state index contributed by atoms with van der Waals surface area (Å²) in [7, 11) is 3.27. The second-order valence-electron chi connectivity index (χ2n) is 7.73. The van der Waals surface area contributed by atoms with Gasteiger partial charge in [0, 0.05) is 22.7 Å². The van der Waals surface area contributed by atoms with Gasteiger partial charge in [-0.25, -0.2) is 0 Å². The Hall–Kier alpha value is -3.16. The lowest BCUT2D eigenvalue weighted by Crippen LogP contribution is -2.40. The lowest BCUT2D eigenvalue weighted by Gasteiger charge is -2.37. The maximum Gasteiger partial charge on any atom is 0.238 e. The normalized spacial score (nSPS) is 15.7. The molecule has 0 aliphatic carbocycles. The van der Waals surface area contributed by atoms with E-state index in [0.29, 0.717) is 22.7 Å². The number of nitrogens with one attached hydrogen (secondary N) is 1. The number of hydrogen-bond acceptors (Lipinski definition) is 6. The first-order chi connectivity index (χ1) is 15.5. The molecule has 7 heteroatoms. The van der Waals surface area contributed by atoms with Gasteiger partial charge in [0.15, 0.2) is 17.3 Å².